The van der Waals surface area contributed by atoms with E-state index in [9.17, 15) is 0 Å². The summed E-state index contributed by atoms with van der Waals surface area (Å²) in [6.07, 6.45) is 6.02. The van der Waals surface area contributed by atoms with Gasteiger partial charge in [0, 0.05) is 16.9 Å². The van der Waals surface area contributed by atoms with Crippen LogP contribution in [-0.4, -0.2) is 20.2 Å². The van der Waals surface area contributed by atoms with Gasteiger partial charge in [0.2, 0.25) is 0 Å². The van der Waals surface area contributed by atoms with E-state index in [0.29, 0.717) is 17.2 Å². The molecule has 0 bridgehead atoms. The Morgan fingerprint density at radius 2 is 2.00 bits per heavy atom. The molecule has 0 aliphatic carbocycles. The molecular weight excluding hydrogens is 264 g/mol. The fourth-order valence-electron chi connectivity index (χ4n) is 2.44. The van der Waals surface area contributed by atoms with Crippen LogP contribution < -0.4 is 11.5 Å². The largest absolute Gasteiger partial charge is 0.399 e. The summed E-state index contributed by atoms with van der Waals surface area (Å²) in [5.74, 6) is 0.704. The summed E-state index contributed by atoms with van der Waals surface area (Å²) in [4.78, 5) is 0. The molecule has 2 rings (SSSR count). The van der Waals surface area contributed by atoms with E-state index in [4.69, 9.17) is 11.5 Å². The zero-order chi connectivity index (χ0) is 15.2. The molecule has 0 saturated heterocycles. The van der Waals surface area contributed by atoms with Crippen LogP contribution in [0.1, 0.15) is 52.0 Å². The van der Waals surface area contributed by atoms with Gasteiger partial charge in [-0.05, 0) is 42.0 Å². The number of nitrogens with zero attached hydrogens (tertiary/aromatic N) is 4. The summed E-state index contributed by atoms with van der Waals surface area (Å²) in [7, 11) is 0. The zero-order valence-electron chi connectivity index (χ0n) is 12.8. The van der Waals surface area contributed by atoms with E-state index in [1.807, 2.05) is 16.8 Å². The fourth-order valence-corrected chi connectivity index (χ4v) is 2.44. The Bertz CT molecular complexity index is 577. The second-order valence-corrected chi connectivity index (χ2v) is 5.49. The molecule has 1 unspecified atom stereocenters. The van der Waals surface area contributed by atoms with E-state index >= 15 is 0 Å². The highest BCUT2D eigenvalue weighted by Gasteiger charge is 2.16. The lowest BCUT2D eigenvalue weighted by Crippen LogP contribution is -2.10. The van der Waals surface area contributed by atoms with E-state index in [1.54, 1.807) is 6.07 Å². The van der Waals surface area contributed by atoms with Crippen molar-refractivity contribution in [2.24, 2.45) is 0 Å². The Balaban J connectivity index is 2.14. The topological polar surface area (TPSA) is 95.6 Å². The Hall–Kier alpha value is -2.11. The number of nitrogen functional groups attached to an aromatic ring is 2. The molecule has 1 atom stereocenters. The Kier molecular flexibility index (Phi) is 5.14. The van der Waals surface area contributed by atoms with Crippen LogP contribution >= 0.6 is 0 Å². The summed E-state index contributed by atoms with van der Waals surface area (Å²) in [5, 5.41) is 12.1. The van der Waals surface area contributed by atoms with Crippen molar-refractivity contribution in [2.45, 2.75) is 52.0 Å². The summed E-state index contributed by atoms with van der Waals surface area (Å²) in [6.45, 7) is 4.35. The molecule has 21 heavy (non-hydrogen) atoms. The average molecular weight is 288 g/mol. The standard InChI is InChI=1S/C15H24N6/c1-3-4-5-6-7-11(2)21-15(18-19-20-21)13-9-8-12(16)10-14(13)17/h8-11H,3-7,16-17H2,1-2H3. The lowest BCUT2D eigenvalue weighted by molar-refractivity contribution is 0.430. The van der Waals surface area contributed by atoms with E-state index < -0.39 is 0 Å². The predicted octanol–water partition coefficient (Wildman–Crippen LogP) is 3.04. The van der Waals surface area contributed by atoms with Gasteiger partial charge in [-0.1, -0.05) is 32.6 Å². The SMILES string of the molecule is CCCCCCC(C)n1nnnc1-c1ccc(N)cc1N. The normalized spacial score (nSPS) is 12.5. The van der Waals surface area contributed by atoms with Gasteiger partial charge in [-0.25, -0.2) is 4.68 Å². The molecule has 0 aliphatic rings. The van der Waals surface area contributed by atoms with Crippen LogP contribution in [0.3, 0.4) is 0 Å². The highest BCUT2D eigenvalue weighted by Crippen LogP contribution is 2.28. The Labute approximate surface area is 125 Å². The van der Waals surface area contributed by atoms with Gasteiger partial charge in [0.15, 0.2) is 5.82 Å². The number of unbranched alkanes of at least 4 members (excludes halogenated alkanes) is 3. The molecule has 6 heteroatoms. The number of anilines is 2. The van der Waals surface area contributed by atoms with Crippen molar-refractivity contribution in [1.82, 2.24) is 20.2 Å². The molecule has 4 N–H and O–H groups in total. The van der Waals surface area contributed by atoms with E-state index in [1.165, 1.54) is 25.7 Å². The third-order valence-electron chi connectivity index (χ3n) is 3.70. The smallest absolute Gasteiger partial charge is 0.184 e. The van der Waals surface area contributed by atoms with E-state index in [0.717, 1.165) is 12.0 Å². The molecule has 2 aromatic rings. The van der Waals surface area contributed by atoms with Crippen LogP contribution in [0.2, 0.25) is 0 Å². The van der Waals surface area contributed by atoms with Crippen molar-refractivity contribution in [3.63, 3.8) is 0 Å². The maximum atomic E-state index is 6.03. The van der Waals surface area contributed by atoms with Crippen LogP contribution in [-0.2, 0) is 0 Å². The number of nitrogens with two attached hydrogens (primary N) is 2. The van der Waals surface area contributed by atoms with Crippen molar-refractivity contribution >= 4 is 11.4 Å². The fraction of sp³-hybridized carbons (Fsp3) is 0.533. The molecule has 0 aliphatic heterocycles. The first-order chi connectivity index (χ1) is 10.1. The monoisotopic (exact) mass is 288 g/mol. The summed E-state index contributed by atoms with van der Waals surface area (Å²) >= 11 is 0. The lowest BCUT2D eigenvalue weighted by Gasteiger charge is -2.14. The first-order valence-corrected chi connectivity index (χ1v) is 7.56. The Morgan fingerprint density at radius 3 is 2.71 bits per heavy atom. The first kappa shape index (κ1) is 15.3. The minimum Gasteiger partial charge on any atom is -0.399 e. The van der Waals surface area contributed by atoms with Crippen LogP contribution in [0.4, 0.5) is 11.4 Å². The number of tetrazole rings is 1. The molecular formula is C15H24N6. The average Bonchev–Trinajstić information content (AvgIpc) is 2.92. The van der Waals surface area contributed by atoms with Gasteiger partial charge in [-0.2, -0.15) is 0 Å². The number of aromatic nitrogens is 4. The van der Waals surface area contributed by atoms with Gasteiger partial charge < -0.3 is 11.5 Å². The predicted molar refractivity (Wildman–Crippen MR) is 85.5 cm³/mol. The van der Waals surface area contributed by atoms with E-state index in [2.05, 4.69) is 29.4 Å². The molecule has 0 radical (unpaired) electrons. The minimum absolute atomic E-state index is 0.254. The molecule has 1 aromatic heterocycles. The first-order valence-electron chi connectivity index (χ1n) is 7.56. The van der Waals surface area contributed by atoms with Gasteiger partial charge >= 0.3 is 0 Å². The second-order valence-electron chi connectivity index (χ2n) is 5.49. The summed E-state index contributed by atoms with van der Waals surface area (Å²) in [5.41, 5.74) is 13.8. The summed E-state index contributed by atoms with van der Waals surface area (Å²) < 4.78 is 1.85. The quantitative estimate of drug-likeness (QED) is 0.603. The maximum absolute atomic E-state index is 6.03. The molecule has 114 valence electrons. The third-order valence-corrected chi connectivity index (χ3v) is 3.70. The second kappa shape index (κ2) is 7.06. The van der Waals surface area contributed by atoms with E-state index in [-0.39, 0.29) is 6.04 Å². The number of rotatable bonds is 7. The van der Waals surface area contributed by atoms with Crippen LogP contribution in [0, 0.1) is 0 Å². The van der Waals surface area contributed by atoms with Crippen LogP contribution in [0.15, 0.2) is 18.2 Å². The van der Waals surface area contributed by atoms with Crippen LogP contribution in [0.25, 0.3) is 11.4 Å². The van der Waals surface area contributed by atoms with Crippen molar-refractivity contribution in [1.29, 1.82) is 0 Å². The van der Waals surface area contributed by atoms with Crippen molar-refractivity contribution in [3.05, 3.63) is 18.2 Å². The van der Waals surface area contributed by atoms with Crippen molar-refractivity contribution < 1.29 is 0 Å². The molecule has 0 amide bonds. The zero-order valence-corrected chi connectivity index (χ0v) is 12.8. The van der Waals surface area contributed by atoms with Crippen LogP contribution in [0.5, 0.6) is 0 Å². The number of hydrogen-bond acceptors (Lipinski definition) is 5. The number of hydrogen-bond donors (Lipinski definition) is 2. The molecule has 0 spiro atoms. The third kappa shape index (κ3) is 3.71. The molecule has 0 fully saturated rings. The highest BCUT2D eigenvalue weighted by atomic mass is 15.5. The number of benzene rings is 1. The molecule has 1 aromatic carbocycles. The Morgan fingerprint density at radius 1 is 1.19 bits per heavy atom. The van der Waals surface area contributed by atoms with Crippen molar-refractivity contribution in [3.8, 4) is 11.4 Å². The van der Waals surface area contributed by atoms with Gasteiger partial charge in [0.25, 0.3) is 0 Å². The van der Waals surface area contributed by atoms with Crippen molar-refractivity contribution in [2.75, 3.05) is 11.5 Å². The molecule has 6 nitrogen and oxygen atoms in total. The van der Waals surface area contributed by atoms with Gasteiger partial charge in [0.1, 0.15) is 0 Å². The van der Waals surface area contributed by atoms with Gasteiger partial charge in [0.05, 0.1) is 6.04 Å². The summed E-state index contributed by atoms with van der Waals surface area (Å²) in [6, 6.07) is 5.68. The lowest BCUT2D eigenvalue weighted by atomic mass is 10.1. The minimum atomic E-state index is 0.254. The maximum Gasteiger partial charge on any atom is 0.184 e. The van der Waals surface area contributed by atoms with Gasteiger partial charge in [-0.3, -0.25) is 0 Å². The van der Waals surface area contributed by atoms with Gasteiger partial charge in [-0.15, -0.1) is 5.10 Å². The molecule has 0 saturated carbocycles. The molecule has 1 heterocycles. The highest BCUT2D eigenvalue weighted by molar-refractivity contribution is 5.74.